The lowest BCUT2D eigenvalue weighted by atomic mass is 10.2. The van der Waals surface area contributed by atoms with Crippen LogP contribution >= 0.6 is 0 Å². The van der Waals surface area contributed by atoms with E-state index in [1.165, 1.54) is 6.07 Å². The van der Waals surface area contributed by atoms with E-state index in [0.717, 1.165) is 6.07 Å². The van der Waals surface area contributed by atoms with Gasteiger partial charge in [0.1, 0.15) is 0 Å². The van der Waals surface area contributed by atoms with Gasteiger partial charge in [0.25, 0.3) is 15.9 Å². The number of hydrogen-bond acceptors (Lipinski definition) is 6. The highest BCUT2D eigenvalue weighted by molar-refractivity contribution is 7.91. The number of rotatable bonds is 3. The first-order valence-corrected chi connectivity index (χ1v) is 8.68. The smallest absolute Gasteiger partial charge is 0.287 e. The minimum absolute atomic E-state index is 0.0263. The number of hydrogen-bond donors (Lipinski definition) is 2. The first-order chi connectivity index (χ1) is 8.67. The maximum atomic E-state index is 11.7. The highest BCUT2D eigenvalue weighted by atomic mass is 32.2. The van der Waals surface area contributed by atoms with Crippen molar-refractivity contribution in [2.24, 2.45) is 5.14 Å². The van der Waals surface area contributed by atoms with Crippen molar-refractivity contribution in [1.82, 2.24) is 5.32 Å². The van der Waals surface area contributed by atoms with Crippen molar-refractivity contribution in [1.29, 1.82) is 0 Å². The first-order valence-electron chi connectivity index (χ1n) is 5.31. The van der Waals surface area contributed by atoms with Gasteiger partial charge in [-0.1, -0.05) is 0 Å². The van der Waals surface area contributed by atoms with Crippen LogP contribution in [0.1, 0.15) is 17.0 Å². The highest BCUT2D eigenvalue weighted by Gasteiger charge is 2.30. The van der Waals surface area contributed by atoms with Crippen molar-refractivity contribution in [2.75, 3.05) is 11.5 Å². The summed E-state index contributed by atoms with van der Waals surface area (Å²) in [6.45, 7) is 0. The molecule has 1 aliphatic rings. The molecule has 1 aromatic heterocycles. The first kappa shape index (κ1) is 14.0. The fourth-order valence-corrected chi connectivity index (χ4v) is 3.90. The number of sulfone groups is 1. The second kappa shape index (κ2) is 4.62. The largest absolute Gasteiger partial charge is 0.438 e. The summed E-state index contributed by atoms with van der Waals surface area (Å²) in [7, 11) is -7.11. The Bertz CT molecular complexity index is 703. The third kappa shape index (κ3) is 3.33. The average Bonchev–Trinajstić information content (AvgIpc) is 2.84. The Morgan fingerprint density at radius 1 is 1.42 bits per heavy atom. The quantitative estimate of drug-likeness (QED) is 0.723. The molecule has 19 heavy (non-hydrogen) atoms. The molecule has 1 unspecified atom stereocenters. The molecule has 2 rings (SSSR count). The molecule has 2 heterocycles. The van der Waals surface area contributed by atoms with Crippen molar-refractivity contribution in [2.45, 2.75) is 17.6 Å². The molecule has 10 heteroatoms. The van der Waals surface area contributed by atoms with Crippen LogP contribution < -0.4 is 10.5 Å². The van der Waals surface area contributed by atoms with Crippen LogP contribution in [0.4, 0.5) is 0 Å². The van der Waals surface area contributed by atoms with Gasteiger partial charge >= 0.3 is 0 Å². The normalized spacial score (nSPS) is 22.3. The summed E-state index contributed by atoms with van der Waals surface area (Å²) in [6.07, 6.45) is 0.330. The highest BCUT2D eigenvalue weighted by Crippen LogP contribution is 2.15. The molecule has 1 aromatic rings. The number of carbonyl (C=O) groups is 1. The molecule has 0 radical (unpaired) electrons. The molecule has 0 spiro atoms. The zero-order chi connectivity index (χ0) is 14.3. The Morgan fingerprint density at radius 3 is 2.58 bits per heavy atom. The Kier molecular flexibility index (Phi) is 3.41. The van der Waals surface area contributed by atoms with E-state index in [2.05, 4.69) is 5.32 Å². The third-order valence-corrected chi connectivity index (χ3v) is 5.20. The van der Waals surface area contributed by atoms with E-state index in [4.69, 9.17) is 9.56 Å². The van der Waals surface area contributed by atoms with Gasteiger partial charge in [-0.15, -0.1) is 0 Å². The van der Waals surface area contributed by atoms with E-state index in [1.54, 1.807) is 0 Å². The second-order valence-corrected chi connectivity index (χ2v) is 7.96. The number of furan rings is 1. The van der Waals surface area contributed by atoms with E-state index < -0.39 is 36.9 Å². The Hall–Kier alpha value is -1.39. The van der Waals surface area contributed by atoms with E-state index in [1.807, 2.05) is 0 Å². The molecule has 8 nitrogen and oxygen atoms in total. The number of nitrogens with two attached hydrogens (primary N) is 1. The summed E-state index contributed by atoms with van der Waals surface area (Å²) in [4.78, 5) is 11.7. The average molecular weight is 308 g/mol. The maximum absolute atomic E-state index is 11.7. The van der Waals surface area contributed by atoms with E-state index in [9.17, 15) is 21.6 Å². The lowest BCUT2D eigenvalue weighted by molar-refractivity contribution is 0.0908. The molecule has 1 fully saturated rings. The molecule has 0 saturated carbocycles. The molecule has 0 bridgehead atoms. The summed E-state index contributed by atoms with van der Waals surface area (Å²) in [5, 5.41) is 6.79. The molecule has 0 aliphatic carbocycles. The molecule has 0 aromatic carbocycles. The fourth-order valence-electron chi connectivity index (χ4n) is 1.76. The summed E-state index contributed by atoms with van der Waals surface area (Å²) in [5.74, 6) is -0.995. The molecule has 1 aliphatic heterocycles. The van der Waals surface area contributed by atoms with Crippen LogP contribution in [0.2, 0.25) is 0 Å². The van der Waals surface area contributed by atoms with Gasteiger partial charge in [0, 0.05) is 6.04 Å². The monoisotopic (exact) mass is 308 g/mol. The van der Waals surface area contributed by atoms with Gasteiger partial charge < -0.3 is 9.73 Å². The minimum atomic E-state index is -4.00. The summed E-state index contributed by atoms with van der Waals surface area (Å²) < 4.78 is 49.2. The predicted octanol–water partition coefficient (Wildman–Crippen LogP) is -1.16. The van der Waals surface area contributed by atoms with Gasteiger partial charge in [-0.25, -0.2) is 22.0 Å². The summed E-state index contributed by atoms with van der Waals surface area (Å²) in [5.41, 5.74) is 0. The Balaban J connectivity index is 2.07. The lowest BCUT2D eigenvalue weighted by Gasteiger charge is -2.08. The van der Waals surface area contributed by atoms with Crippen LogP contribution in [0.5, 0.6) is 0 Å². The minimum Gasteiger partial charge on any atom is -0.438 e. The van der Waals surface area contributed by atoms with Gasteiger partial charge in [0.2, 0.25) is 5.09 Å². The molecule has 1 saturated heterocycles. The Morgan fingerprint density at radius 2 is 2.11 bits per heavy atom. The fraction of sp³-hybridized carbons (Fsp3) is 0.444. The molecule has 1 atom stereocenters. The predicted molar refractivity (Wildman–Crippen MR) is 64.6 cm³/mol. The van der Waals surface area contributed by atoms with Gasteiger partial charge in [0.05, 0.1) is 11.5 Å². The second-order valence-electron chi connectivity index (χ2n) is 4.24. The zero-order valence-corrected chi connectivity index (χ0v) is 11.3. The third-order valence-electron chi connectivity index (χ3n) is 2.65. The van der Waals surface area contributed by atoms with Crippen LogP contribution in [0, 0.1) is 0 Å². The number of primary sulfonamides is 1. The van der Waals surface area contributed by atoms with Crippen molar-refractivity contribution >= 4 is 25.8 Å². The summed E-state index contributed by atoms with van der Waals surface area (Å²) in [6, 6.07) is 1.74. The maximum Gasteiger partial charge on any atom is 0.287 e. The van der Waals surface area contributed by atoms with Crippen molar-refractivity contribution in [3.63, 3.8) is 0 Å². The van der Waals surface area contributed by atoms with Crippen LogP contribution in [0.15, 0.2) is 21.6 Å². The van der Waals surface area contributed by atoms with Gasteiger partial charge in [-0.05, 0) is 18.6 Å². The number of sulfonamides is 1. The van der Waals surface area contributed by atoms with Crippen LogP contribution in [0.25, 0.3) is 0 Å². The standard InChI is InChI=1S/C9H12N2O6S2/c10-19(15,16)8-2-1-7(17-8)9(12)11-6-3-4-18(13,14)5-6/h1-2,6H,3-5H2,(H,11,12)(H2,10,15,16). The molecular weight excluding hydrogens is 296 g/mol. The van der Waals surface area contributed by atoms with Crippen LogP contribution in [-0.4, -0.2) is 40.3 Å². The van der Waals surface area contributed by atoms with Crippen molar-refractivity contribution < 1.29 is 26.0 Å². The summed E-state index contributed by atoms with van der Waals surface area (Å²) >= 11 is 0. The number of nitrogens with one attached hydrogen (secondary N) is 1. The van der Waals surface area contributed by atoms with E-state index >= 15 is 0 Å². The van der Waals surface area contributed by atoms with Gasteiger partial charge in [0.15, 0.2) is 15.6 Å². The number of amides is 1. The van der Waals surface area contributed by atoms with E-state index in [0.29, 0.717) is 6.42 Å². The van der Waals surface area contributed by atoms with E-state index in [-0.39, 0.29) is 17.3 Å². The van der Waals surface area contributed by atoms with Crippen LogP contribution in [0.3, 0.4) is 0 Å². The SMILES string of the molecule is NS(=O)(=O)c1ccc(C(=O)NC2CCS(=O)(=O)C2)o1. The Labute approximate surface area is 109 Å². The number of carbonyl (C=O) groups excluding carboxylic acids is 1. The van der Waals surface area contributed by atoms with Crippen LogP contribution in [-0.2, 0) is 19.9 Å². The van der Waals surface area contributed by atoms with Crippen molar-refractivity contribution in [3.8, 4) is 0 Å². The zero-order valence-electron chi connectivity index (χ0n) is 9.70. The van der Waals surface area contributed by atoms with Gasteiger partial charge in [-0.2, -0.15) is 0 Å². The molecule has 106 valence electrons. The molecule has 3 N–H and O–H groups in total. The topological polar surface area (TPSA) is 137 Å². The van der Waals surface area contributed by atoms with Crippen molar-refractivity contribution in [3.05, 3.63) is 17.9 Å². The van der Waals surface area contributed by atoms with Gasteiger partial charge in [-0.3, -0.25) is 4.79 Å². The lowest BCUT2D eigenvalue weighted by Crippen LogP contribution is -2.35. The molecular formula is C9H12N2O6S2. The molecule has 1 amide bonds.